The van der Waals surface area contributed by atoms with Crippen molar-refractivity contribution in [2.75, 3.05) is 43.6 Å². The lowest BCUT2D eigenvalue weighted by molar-refractivity contribution is 0.122. The Kier molecular flexibility index (Phi) is 6.54. The maximum atomic E-state index is 16.2. The van der Waals surface area contributed by atoms with Gasteiger partial charge < -0.3 is 19.5 Å². The Morgan fingerprint density at radius 3 is 2.61 bits per heavy atom. The van der Waals surface area contributed by atoms with E-state index in [0.29, 0.717) is 53.8 Å². The van der Waals surface area contributed by atoms with Gasteiger partial charge in [0.1, 0.15) is 29.4 Å². The Hall–Kier alpha value is -3.28. The van der Waals surface area contributed by atoms with E-state index in [2.05, 4.69) is 9.97 Å². The number of fused-ring (bicyclic) bond motifs is 2. The average molecular weight is 536 g/mol. The summed E-state index contributed by atoms with van der Waals surface area (Å²) in [5, 5.41) is 12.0. The normalized spacial score (nSPS) is 14.5. The van der Waals surface area contributed by atoms with Crippen LogP contribution in [0, 0.1) is 5.82 Å². The molecule has 4 aromatic rings. The molecular formula is C24H20ClF2N3O5S. The Morgan fingerprint density at radius 2 is 1.86 bits per heavy atom. The third-order valence-electron chi connectivity index (χ3n) is 5.83. The maximum absolute atomic E-state index is 16.2. The van der Waals surface area contributed by atoms with Gasteiger partial charge in [0, 0.05) is 24.0 Å². The van der Waals surface area contributed by atoms with Crippen LogP contribution < -0.4 is 9.64 Å². The first-order valence-corrected chi connectivity index (χ1v) is 12.9. The second kappa shape index (κ2) is 9.64. The van der Waals surface area contributed by atoms with Crippen molar-refractivity contribution in [3.8, 4) is 22.9 Å². The molecule has 0 atom stereocenters. The van der Waals surface area contributed by atoms with Crippen LogP contribution >= 0.6 is 11.6 Å². The predicted molar refractivity (Wildman–Crippen MR) is 133 cm³/mol. The minimum atomic E-state index is -4.77. The van der Waals surface area contributed by atoms with Gasteiger partial charge in [-0.2, -0.15) is 18.4 Å². The lowest BCUT2D eigenvalue weighted by Gasteiger charge is -2.29. The van der Waals surface area contributed by atoms with Crippen molar-refractivity contribution in [1.29, 1.82) is 0 Å². The van der Waals surface area contributed by atoms with Crippen LogP contribution in [-0.2, 0) is 15.0 Å². The number of halogens is 3. The van der Waals surface area contributed by atoms with Gasteiger partial charge in [0.15, 0.2) is 5.82 Å². The van der Waals surface area contributed by atoms with Crippen molar-refractivity contribution >= 4 is 49.3 Å². The van der Waals surface area contributed by atoms with E-state index in [1.54, 1.807) is 36.4 Å². The molecule has 0 aliphatic carbocycles. The summed E-state index contributed by atoms with van der Waals surface area (Å²) in [7, 11) is -4.77. The molecule has 188 valence electrons. The quantitative estimate of drug-likeness (QED) is 0.361. The van der Waals surface area contributed by atoms with Crippen LogP contribution in [0.3, 0.4) is 0 Å². The van der Waals surface area contributed by atoms with Crippen molar-refractivity contribution in [2.24, 2.45) is 0 Å². The fourth-order valence-electron chi connectivity index (χ4n) is 4.22. The van der Waals surface area contributed by atoms with Crippen LogP contribution in [-0.4, -0.2) is 62.2 Å². The van der Waals surface area contributed by atoms with Crippen LogP contribution in [0.5, 0.6) is 11.8 Å². The van der Waals surface area contributed by atoms with Crippen LogP contribution in [0.25, 0.3) is 32.8 Å². The van der Waals surface area contributed by atoms with Crippen molar-refractivity contribution in [2.45, 2.75) is 0 Å². The van der Waals surface area contributed by atoms with E-state index in [1.807, 2.05) is 4.90 Å². The highest BCUT2D eigenvalue weighted by atomic mass is 35.5. The van der Waals surface area contributed by atoms with E-state index in [4.69, 9.17) is 21.1 Å². The maximum Gasteiger partial charge on any atom is 0.319 e. The van der Waals surface area contributed by atoms with E-state index < -0.39 is 28.4 Å². The molecule has 0 bridgehead atoms. The van der Waals surface area contributed by atoms with Gasteiger partial charge in [0.05, 0.1) is 18.2 Å². The zero-order valence-electron chi connectivity index (χ0n) is 18.7. The monoisotopic (exact) mass is 535 g/mol. The summed E-state index contributed by atoms with van der Waals surface area (Å²) >= 11 is 6.62. The molecule has 0 spiro atoms. The molecule has 0 amide bonds. The molecule has 0 saturated carbocycles. The first-order chi connectivity index (χ1) is 17.2. The van der Waals surface area contributed by atoms with E-state index in [9.17, 15) is 17.4 Å². The van der Waals surface area contributed by atoms with Crippen LogP contribution in [0.2, 0.25) is 5.02 Å². The van der Waals surface area contributed by atoms with E-state index in [-0.39, 0.29) is 27.9 Å². The molecule has 0 unspecified atom stereocenters. The van der Waals surface area contributed by atoms with Gasteiger partial charge in [-0.1, -0.05) is 35.9 Å². The number of hydrogen-bond acceptors (Lipinski definition) is 8. The molecule has 3 aromatic carbocycles. The number of ether oxygens (including phenoxy) is 2. The minimum absolute atomic E-state index is 0.0279. The number of aromatic nitrogens is 2. The van der Waals surface area contributed by atoms with E-state index in [1.165, 1.54) is 6.07 Å². The lowest BCUT2D eigenvalue weighted by Crippen LogP contribution is -2.37. The second-order valence-corrected chi connectivity index (χ2v) is 10.1. The topological polar surface area (TPSA) is 102 Å². The molecule has 1 aliphatic heterocycles. The molecule has 1 aromatic heterocycles. The number of phenolic OH excluding ortho intramolecular Hbond substituents is 1. The van der Waals surface area contributed by atoms with Crippen molar-refractivity contribution < 1.29 is 31.3 Å². The lowest BCUT2D eigenvalue weighted by atomic mass is 9.96. The molecule has 2 heterocycles. The number of benzene rings is 3. The Balaban J connectivity index is 1.71. The highest BCUT2D eigenvalue weighted by Gasteiger charge is 2.25. The first-order valence-electron chi connectivity index (χ1n) is 11.0. The van der Waals surface area contributed by atoms with E-state index >= 15 is 4.39 Å². The Morgan fingerprint density at radius 1 is 1.11 bits per heavy atom. The zero-order chi connectivity index (χ0) is 25.4. The molecule has 1 saturated heterocycles. The minimum Gasteiger partial charge on any atom is -0.508 e. The summed E-state index contributed by atoms with van der Waals surface area (Å²) in [4.78, 5) is 10.4. The summed E-state index contributed by atoms with van der Waals surface area (Å²) in [6.07, 6.45) is 0. The number of rotatable bonds is 6. The number of morpholine rings is 1. The van der Waals surface area contributed by atoms with Crippen molar-refractivity contribution in [1.82, 2.24) is 9.97 Å². The largest absolute Gasteiger partial charge is 0.508 e. The molecular weight excluding hydrogens is 516 g/mol. The molecule has 5 rings (SSSR count). The van der Waals surface area contributed by atoms with Crippen molar-refractivity contribution in [3.05, 3.63) is 53.3 Å². The fourth-order valence-corrected chi connectivity index (χ4v) is 4.80. The van der Waals surface area contributed by atoms with Gasteiger partial charge >= 0.3 is 16.2 Å². The van der Waals surface area contributed by atoms with Gasteiger partial charge in [-0.15, -0.1) is 3.89 Å². The summed E-state index contributed by atoms with van der Waals surface area (Å²) in [6.45, 7) is 1.22. The third kappa shape index (κ3) is 4.86. The average Bonchev–Trinajstić information content (AvgIpc) is 2.84. The van der Waals surface area contributed by atoms with Gasteiger partial charge in [-0.05, 0) is 34.5 Å². The molecule has 1 N–H and O–H groups in total. The fraction of sp³-hybridized carbons (Fsp3) is 0.250. The molecule has 36 heavy (non-hydrogen) atoms. The van der Waals surface area contributed by atoms with Gasteiger partial charge in [0.2, 0.25) is 0 Å². The summed E-state index contributed by atoms with van der Waals surface area (Å²) < 4.78 is 61.6. The molecule has 12 heteroatoms. The molecule has 1 fully saturated rings. The van der Waals surface area contributed by atoms with E-state index in [0.717, 1.165) is 0 Å². The predicted octanol–water partition coefficient (Wildman–Crippen LogP) is 4.46. The SMILES string of the molecule is O=S(=O)(F)CCOc1nc(N2CCOCC2)c2cc(Cl)c(-c3cc(O)cc4ccccc34)c(F)c2n1. The van der Waals surface area contributed by atoms with Gasteiger partial charge in [-0.25, -0.2) is 4.39 Å². The first kappa shape index (κ1) is 24.4. The second-order valence-electron chi connectivity index (χ2n) is 8.18. The number of anilines is 1. The number of hydrogen-bond donors (Lipinski definition) is 1. The van der Waals surface area contributed by atoms with Gasteiger partial charge in [0.25, 0.3) is 0 Å². The van der Waals surface area contributed by atoms with Crippen LogP contribution in [0.15, 0.2) is 42.5 Å². The summed E-state index contributed by atoms with van der Waals surface area (Å²) in [5.41, 5.74) is 0.282. The standard InChI is InChI=1S/C24H20ClF2N3O5S/c25-19-13-18-22(21(26)20(19)17-12-15(31)11-14-3-1-2-4-16(14)17)28-24(35-9-10-36(27,32)33)29-23(18)30-5-7-34-8-6-30/h1-4,11-13,31H,5-10H2. The molecule has 1 aliphatic rings. The van der Waals surface area contributed by atoms with Crippen LogP contribution in [0.1, 0.15) is 0 Å². The Labute approximate surface area is 210 Å². The number of nitrogens with zero attached hydrogens (tertiary/aromatic N) is 3. The van der Waals surface area contributed by atoms with Gasteiger partial charge in [-0.3, -0.25) is 0 Å². The smallest absolute Gasteiger partial charge is 0.319 e. The number of phenols is 1. The molecule has 0 radical (unpaired) electrons. The Bertz CT molecular complexity index is 1580. The summed E-state index contributed by atoms with van der Waals surface area (Å²) in [6, 6.07) is 11.4. The highest BCUT2D eigenvalue weighted by Crippen LogP contribution is 2.42. The summed E-state index contributed by atoms with van der Waals surface area (Å²) in [5.74, 6) is -1.40. The van der Waals surface area contributed by atoms with Crippen LogP contribution in [0.4, 0.5) is 14.1 Å². The molecule has 8 nitrogen and oxygen atoms in total. The third-order valence-corrected chi connectivity index (χ3v) is 6.78. The zero-order valence-corrected chi connectivity index (χ0v) is 20.3. The van der Waals surface area contributed by atoms with Crippen molar-refractivity contribution in [3.63, 3.8) is 0 Å². The number of aromatic hydroxyl groups is 1. The highest BCUT2D eigenvalue weighted by molar-refractivity contribution is 7.86.